The third-order valence-electron chi connectivity index (χ3n) is 3.10. The number of halogens is 2. The van der Waals surface area contributed by atoms with Crippen LogP contribution in [0.4, 0.5) is 4.39 Å². The number of aromatic nitrogens is 2. The molecule has 3 nitrogen and oxygen atoms in total. The molecule has 3 aromatic rings. The zero-order valence-electron chi connectivity index (χ0n) is 11.3. The summed E-state index contributed by atoms with van der Waals surface area (Å²) in [6.07, 6.45) is 0. The third kappa shape index (κ3) is 2.81. The van der Waals surface area contributed by atoms with Crippen molar-refractivity contribution >= 4 is 11.6 Å². The lowest BCUT2D eigenvalue weighted by atomic mass is 10.1. The highest BCUT2D eigenvalue weighted by Crippen LogP contribution is 2.30. The minimum absolute atomic E-state index is 0.132. The minimum atomic E-state index is -0.555. The van der Waals surface area contributed by atoms with Crippen molar-refractivity contribution in [3.63, 3.8) is 0 Å². The first-order chi connectivity index (χ1) is 10.1. The van der Waals surface area contributed by atoms with Crippen LogP contribution in [-0.2, 0) is 0 Å². The molecule has 0 amide bonds. The van der Waals surface area contributed by atoms with E-state index in [1.54, 1.807) is 12.1 Å². The topological polar surface area (TPSA) is 38.9 Å². The smallest absolute Gasteiger partial charge is 0.250 e. The van der Waals surface area contributed by atoms with Gasteiger partial charge in [0.05, 0.1) is 5.56 Å². The van der Waals surface area contributed by atoms with Crippen LogP contribution in [0, 0.1) is 12.7 Å². The van der Waals surface area contributed by atoms with Crippen molar-refractivity contribution in [2.75, 3.05) is 0 Å². The lowest BCUT2D eigenvalue weighted by Crippen LogP contribution is -1.92. The van der Waals surface area contributed by atoms with Gasteiger partial charge in [-0.05, 0) is 24.6 Å². The maximum Gasteiger partial charge on any atom is 0.250 e. The highest BCUT2D eigenvalue weighted by Gasteiger charge is 2.20. The van der Waals surface area contributed by atoms with Gasteiger partial charge in [0, 0.05) is 0 Å². The predicted octanol–water partition coefficient (Wildman–Crippen LogP) is 4.51. The summed E-state index contributed by atoms with van der Waals surface area (Å²) in [6, 6.07) is 14.1. The Morgan fingerprint density at radius 1 is 1.10 bits per heavy atom. The fourth-order valence-electron chi connectivity index (χ4n) is 2.01. The van der Waals surface area contributed by atoms with Crippen molar-refractivity contribution < 1.29 is 8.81 Å². The van der Waals surface area contributed by atoms with E-state index >= 15 is 0 Å². The number of benzene rings is 2. The molecule has 0 aliphatic rings. The first kappa shape index (κ1) is 13.8. The summed E-state index contributed by atoms with van der Waals surface area (Å²) in [5, 5.41) is 7.26. The van der Waals surface area contributed by atoms with Crippen LogP contribution in [-0.4, -0.2) is 10.2 Å². The molecule has 1 aromatic heterocycles. The predicted molar refractivity (Wildman–Crippen MR) is 78.6 cm³/mol. The van der Waals surface area contributed by atoms with Gasteiger partial charge in [0.2, 0.25) is 5.89 Å². The molecule has 106 valence electrons. The van der Waals surface area contributed by atoms with Gasteiger partial charge in [0.25, 0.3) is 5.89 Å². The van der Waals surface area contributed by atoms with E-state index in [9.17, 15) is 4.39 Å². The van der Waals surface area contributed by atoms with Crippen LogP contribution in [0.1, 0.15) is 22.4 Å². The zero-order chi connectivity index (χ0) is 14.8. The molecule has 0 bridgehead atoms. The SMILES string of the molecule is Cc1ccc(F)c(-c2nnc(C(Cl)c3ccccc3)o2)c1. The fraction of sp³-hybridized carbons (Fsp3) is 0.125. The Balaban J connectivity index is 1.95. The summed E-state index contributed by atoms with van der Waals surface area (Å²) in [5.41, 5.74) is 2.04. The van der Waals surface area contributed by atoms with Gasteiger partial charge in [0.15, 0.2) is 0 Å². The summed E-state index contributed by atoms with van der Waals surface area (Å²) in [6.45, 7) is 1.87. The van der Waals surface area contributed by atoms with Crippen LogP contribution in [0.2, 0.25) is 0 Å². The largest absolute Gasteiger partial charge is 0.419 e. The second-order valence-electron chi connectivity index (χ2n) is 4.70. The average Bonchev–Trinajstić information content (AvgIpc) is 2.99. The summed E-state index contributed by atoms with van der Waals surface area (Å²) in [5.74, 6) is -0.0202. The van der Waals surface area contributed by atoms with Crippen molar-refractivity contribution in [3.05, 3.63) is 71.4 Å². The van der Waals surface area contributed by atoms with E-state index in [2.05, 4.69) is 10.2 Å². The van der Waals surface area contributed by atoms with Crippen molar-refractivity contribution in [1.82, 2.24) is 10.2 Å². The Bertz CT molecular complexity index is 758. The normalized spacial score (nSPS) is 12.3. The van der Waals surface area contributed by atoms with Gasteiger partial charge in [-0.3, -0.25) is 0 Å². The monoisotopic (exact) mass is 302 g/mol. The van der Waals surface area contributed by atoms with Crippen molar-refractivity contribution in [2.45, 2.75) is 12.3 Å². The molecular weight excluding hydrogens is 291 g/mol. The molecule has 0 saturated carbocycles. The Kier molecular flexibility index (Phi) is 3.71. The number of rotatable bonds is 3. The molecule has 0 fully saturated rings. The van der Waals surface area contributed by atoms with E-state index in [0.717, 1.165) is 11.1 Å². The molecule has 0 spiro atoms. The number of hydrogen-bond acceptors (Lipinski definition) is 3. The van der Waals surface area contributed by atoms with E-state index in [-0.39, 0.29) is 17.3 Å². The van der Waals surface area contributed by atoms with Gasteiger partial charge in [-0.25, -0.2) is 4.39 Å². The maximum atomic E-state index is 13.8. The van der Waals surface area contributed by atoms with Crippen molar-refractivity contribution in [1.29, 1.82) is 0 Å². The molecule has 1 heterocycles. The molecule has 1 atom stereocenters. The first-order valence-electron chi connectivity index (χ1n) is 6.44. The molecule has 0 radical (unpaired) electrons. The van der Waals surface area contributed by atoms with Gasteiger partial charge in [-0.1, -0.05) is 42.0 Å². The molecule has 0 aliphatic carbocycles. The van der Waals surface area contributed by atoms with E-state index in [4.69, 9.17) is 16.0 Å². The quantitative estimate of drug-likeness (QED) is 0.668. The molecule has 2 aromatic carbocycles. The van der Waals surface area contributed by atoms with E-state index < -0.39 is 11.2 Å². The lowest BCUT2D eigenvalue weighted by molar-refractivity contribution is 0.508. The summed E-state index contributed by atoms with van der Waals surface area (Å²) in [4.78, 5) is 0. The Labute approximate surface area is 126 Å². The molecule has 0 aliphatic heterocycles. The van der Waals surface area contributed by atoms with Gasteiger partial charge in [0.1, 0.15) is 11.2 Å². The Morgan fingerprint density at radius 2 is 1.86 bits per heavy atom. The van der Waals surface area contributed by atoms with Crippen LogP contribution in [0.15, 0.2) is 52.9 Å². The molecular formula is C16H12ClFN2O. The second kappa shape index (κ2) is 5.66. The molecule has 21 heavy (non-hydrogen) atoms. The fourth-order valence-corrected chi connectivity index (χ4v) is 2.25. The number of alkyl halides is 1. The molecule has 5 heteroatoms. The van der Waals surface area contributed by atoms with E-state index in [1.807, 2.05) is 37.3 Å². The molecule has 3 rings (SSSR count). The van der Waals surface area contributed by atoms with Crippen molar-refractivity contribution in [3.8, 4) is 11.5 Å². The highest BCUT2D eigenvalue weighted by molar-refractivity contribution is 6.22. The first-order valence-corrected chi connectivity index (χ1v) is 6.88. The van der Waals surface area contributed by atoms with Crippen molar-refractivity contribution in [2.24, 2.45) is 0 Å². The van der Waals surface area contributed by atoms with Gasteiger partial charge in [-0.2, -0.15) is 0 Å². The Morgan fingerprint density at radius 3 is 2.62 bits per heavy atom. The molecule has 0 saturated heterocycles. The summed E-state index contributed by atoms with van der Waals surface area (Å²) >= 11 is 6.31. The molecule has 1 unspecified atom stereocenters. The standard InChI is InChI=1S/C16H12ClFN2O/c1-10-7-8-13(18)12(9-10)15-19-20-16(21-15)14(17)11-5-3-2-4-6-11/h2-9,14H,1H3. The van der Waals surface area contributed by atoms with Crippen LogP contribution in [0.25, 0.3) is 11.5 Å². The van der Waals surface area contributed by atoms with Gasteiger partial charge < -0.3 is 4.42 Å². The third-order valence-corrected chi connectivity index (χ3v) is 3.54. The number of hydrogen-bond donors (Lipinski definition) is 0. The Hall–Kier alpha value is -2.20. The maximum absolute atomic E-state index is 13.8. The highest BCUT2D eigenvalue weighted by atomic mass is 35.5. The average molecular weight is 303 g/mol. The second-order valence-corrected chi connectivity index (χ2v) is 5.14. The lowest BCUT2D eigenvalue weighted by Gasteiger charge is -2.04. The van der Waals surface area contributed by atoms with Crippen LogP contribution in [0.3, 0.4) is 0 Å². The van der Waals surface area contributed by atoms with Crippen LogP contribution < -0.4 is 0 Å². The van der Waals surface area contributed by atoms with Gasteiger partial charge >= 0.3 is 0 Å². The van der Waals surface area contributed by atoms with Crippen LogP contribution in [0.5, 0.6) is 0 Å². The van der Waals surface area contributed by atoms with Gasteiger partial charge in [-0.15, -0.1) is 21.8 Å². The minimum Gasteiger partial charge on any atom is -0.419 e. The summed E-state index contributed by atoms with van der Waals surface area (Å²) in [7, 11) is 0. The molecule has 0 N–H and O–H groups in total. The zero-order valence-corrected chi connectivity index (χ0v) is 12.0. The number of nitrogens with zero attached hydrogens (tertiary/aromatic N) is 2. The number of aryl methyl sites for hydroxylation is 1. The van der Waals surface area contributed by atoms with E-state index in [0.29, 0.717) is 0 Å². The van der Waals surface area contributed by atoms with E-state index in [1.165, 1.54) is 6.07 Å². The van der Waals surface area contributed by atoms with Crippen LogP contribution >= 0.6 is 11.6 Å². The summed E-state index contributed by atoms with van der Waals surface area (Å²) < 4.78 is 19.4.